The van der Waals surface area contributed by atoms with Gasteiger partial charge in [0.1, 0.15) is 0 Å². The summed E-state index contributed by atoms with van der Waals surface area (Å²) in [5.41, 5.74) is 4.35. The van der Waals surface area contributed by atoms with Gasteiger partial charge in [-0.15, -0.1) is 0 Å². The molecule has 0 amide bonds. The summed E-state index contributed by atoms with van der Waals surface area (Å²) in [7, 11) is 0. The van der Waals surface area contributed by atoms with E-state index >= 15 is 0 Å². The molecule has 0 aromatic heterocycles. The summed E-state index contributed by atoms with van der Waals surface area (Å²) >= 11 is 0. The molecule has 0 saturated carbocycles. The van der Waals surface area contributed by atoms with Gasteiger partial charge in [0, 0.05) is 0 Å². The number of allylic oxidation sites excluding steroid dienone is 1. The molecule has 0 atom stereocenters. The molecule has 1 aromatic carbocycles. The third-order valence-corrected chi connectivity index (χ3v) is 3.88. The van der Waals surface area contributed by atoms with Crippen molar-refractivity contribution in [1.29, 1.82) is 5.26 Å². The molecular weight excluding hydrogens is 220 g/mol. The van der Waals surface area contributed by atoms with Crippen molar-refractivity contribution in [3.8, 4) is 6.07 Å². The number of hydrogen-bond acceptors (Lipinski definition) is 2. The second kappa shape index (κ2) is 5.84. The van der Waals surface area contributed by atoms with Crippen molar-refractivity contribution in [2.75, 3.05) is 13.1 Å². The minimum Gasteiger partial charge on any atom is -0.317 e. The van der Waals surface area contributed by atoms with Crippen LogP contribution < -0.4 is 5.32 Å². The van der Waals surface area contributed by atoms with Crippen molar-refractivity contribution in [1.82, 2.24) is 5.32 Å². The molecule has 94 valence electrons. The lowest BCUT2D eigenvalue weighted by Crippen LogP contribution is -2.26. The van der Waals surface area contributed by atoms with Crippen LogP contribution in [0.2, 0.25) is 0 Å². The molecule has 0 spiro atoms. The summed E-state index contributed by atoms with van der Waals surface area (Å²) in [6, 6.07) is 6.21. The van der Waals surface area contributed by atoms with E-state index in [-0.39, 0.29) is 0 Å². The summed E-state index contributed by atoms with van der Waals surface area (Å²) in [5.74, 6) is 0.696. The fourth-order valence-corrected chi connectivity index (χ4v) is 2.42. The molecule has 0 bridgehead atoms. The Hall–Kier alpha value is -1.59. The smallest absolute Gasteiger partial charge is 0.0994 e. The highest BCUT2D eigenvalue weighted by Crippen LogP contribution is 2.21. The molecule has 1 saturated heterocycles. The van der Waals surface area contributed by atoms with E-state index in [2.05, 4.69) is 36.5 Å². The van der Waals surface area contributed by atoms with Crippen LogP contribution in [0.15, 0.2) is 18.2 Å². The summed E-state index contributed by atoms with van der Waals surface area (Å²) in [4.78, 5) is 0. The largest absolute Gasteiger partial charge is 0.317 e. The van der Waals surface area contributed by atoms with Gasteiger partial charge >= 0.3 is 0 Å². The van der Waals surface area contributed by atoms with Gasteiger partial charge in [0.05, 0.1) is 11.6 Å². The van der Waals surface area contributed by atoms with Crippen LogP contribution in [0.1, 0.15) is 35.1 Å². The Labute approximate surface area is 109 Å². The zero-order valence-electron chi connectivity index (χ0n) is 11.2. The third-order valence-electron chi connectivity index (χ3n) is 3.88. The Morgan fingerprint density at radius 3 is 2.61 bits per heavy atom. The van der Waals surface area contributed by atoms with Gasteiger partial charge in [0.15, 0.2) is 0 Å². The number of nitrogens with one attached hydrogen (secondary N) is 1. The molecule has 2 rings (SSSR count). The maximum atomic E-state index is 8.99. The zero-order valence-corrected chi connectivity index (χ0v) is 11.2. The van der Waals surface area contributed by atoms with Gasteiger partial charge in [-0.25, -0.2) is 0 Å². The van der Waals surface area contributed by atoms with Crippen LogP contribution in [-0.4, -0.2) is 13.1 Å². The standard InChI is InChI=1S/C16H20N2/c1-12-13(2)16(11-17)6-5-15(12)4-3-14-7-9-18-10-8-14/h3-6,14,18H,7-10H2,1-2H3/b4-3+. The van der Waals surface area contributed by atoms with E-state index in [1.165, 1.54) is 24.0 Å². The predicted molar refractivity (Wildman–Crippen MR) is 75.3 cm³/mol. The number of hydrogen-bond donors (Lipinski definition) is 1. The summed E-state index contributed by atoms with van der Waals surface area (Å²) in [5, 5.41) is 12.4. The lowest BCUT2D eigenvalue weighted by atomic mass is 9.94. The second-order valence-corrected chi connectivity index (χ2v) is 5.01. The monoisotopic (exact) mass is 240 g/mol. The number of piperidine rings is 1. The highest BCUT2D eigenvalue weighted by atomic mass is 14.9. The first-order valence-corrected chi connectivity index (χ1v) is 6.61. The van der Waals surface area contributed by atoms with E-state index in [0.29, 0.717) is 5.92 Å². The van der Waals surface area contributed by atoms with Crippen LogP contribution in [0.25, 0.3) is 6.08 Å². The zero-order chi connectivity index (χ0) is 13.0. The van der Waals surface area contributed by atoms with Gasteiger partial charge < -0.3 is 5.32 Å². The number of rotatable bonds is 2. The van der Waals surface area contributed by atoms with E-state index in [1.54, 1.807) is 0 Å². The van der Waals surface area contributed by atoms with E-state index in [9.17, 15) is 0 Å². The van der Waals surface area contributed by atoms with Crippen LogP contribution in [0, 0.1) is 31.1 Å². The molecule has 0 unspecified atom stereocenters. The van der Waals surface area contributed by atoms with E-state index in [1.807, 2.05) is 13.0 Å². The quantitative estimate of drug-likeness (QED) is 0.861. The fraction of sp³-hybridized carbons (Fsp3) is 0.438. The Balaban J connectivity index is 2.16. The van der Waals surface area contributed by atoms with Gasteiger partial charge in [-0.1, -0.05) is 18.2 Å². The van der Waals surface area contributed by atoms with Gasteiger partial charge in [-0.05, 0) is 68.5 Å². The normalized spacial score (nSPS) is 16.9. The molecule has 0 radical (unpaired) electrons. The second-order valence-electron chi connectivity index (χ2n) is 5.01. The van der Waals surface area contributed by atoms with E-state index in [4.69, 9.17) is 5.26 Å². The highest BCUT2D eigenvalue weighted by molar-refractivity contribution is 5.59. The lowest BCUT2D eigenvalue weighted by molar-refractivity contribution is 0.438. The van der Waals surface area contributed by atoms with Crippen molar-refractivity contribution in [3.63, 3.8) is 0 Å². The molecule has 1 aromatic rings. The SMILES string of the molecule is Cc1c(C#N)ccc(/C=C/C2CCNCC2)c1C. The van der Waals surface area contributed by atoms with Gasteiger partial charge in [-0.2, -0.15) is 5.26 Å². The Kier molecular flexibility index (Phi) is 4.17. The van der Waals surface area contributed by atoms with E-state index in [0.717, 1.165) is 24.2 Å². The topological polar surface area (TPSA) is 35.8 Å². The maximum Gasteiger partial charge on any atom is 0.0994 e. The molecule has 1 N–H and O–H groups in total. The first-order chi connectivity index (χ1) is 8.72. The van der Waals surface area contributed by atoms with Crippen LogP contribution in [0.3, 0.4) is 0 Å². The maximum absolute atomic E-state index is 8.99. The van der Waals surface area contributed by atoms with Crippen molar-refractivity contribution in [3.05, 3.63) is 40.5 Å². The molecule has 0 aliphatic carbocycles. The Bertz CT molecular complexity index is 489. The minimum absolute atomic E-state index is 0.696. The molecule has 1 fully saturated rings. The van der Waals surface area contributed by atoms with Crippen molar-refractivity contribution < 1.29 is 0 Å². The average molecular weight is 240 g/mol. The molecule has 2 nitrogen and oxygen atoms in total. The van der Waals surface area contributed by atoms with Crippen molar-refractivity contribution >= 4 is 6.08 Å². The van der Waals surface area contributed by atoms with Crippen molar-refractivity contribution in [2.45, 2.75) is 26.7 Å². The number of benzene rings is 1. The highest BCUT2D eigenvalue weighted by Gasteiger charge is 2.09. The first-order valence-electron chi connectivity index (χ1n) is 6.61. The first kappa shape index (κ1) is 12.9. The predicted octanol–water partition coefficient (Wildman–Crippen LogP) is 3.19. The van der Waals surface area contributed by atoms with Crippen LogP contribution in [0.5, 0.6) is 0 Å². The molecule has 1 aliphatic heterocycles. The molecule has 1 heterocycles. The molecule has 1 aliphatic rings. The van der Waals surface area contributed by atoms with Crippen molar-refractivity contribution in [2.24, 2.45) is 5.92 Å². The fourth-order valence-electron chi connectivity index (χ4n) is 2.42. The summed E-state index contributed by atoms with van der Waals surface area (Å²) in [6.45, 7) is 6.37. The van der Waals surface area contributed by atoms with Crippen LogP contribution >= 0.6 is 0 Å². The number of nitrogens with zero attached hydrogens (tertiary/aromatic N) is 1. The average Bonchev–Trinajstić information content (AvgIpc) is 2.42. The summed E-state index contributed by atoms with van der Waals surface area (Å²) in [6.07, 6.45) is 7.00. The van der Waals surface area contributed by atoms with Gasteiger partial charge in [-0.3, -0.25) is 0 Å². The van der Waals surface area contributed by atoms with Crippen LogP contribution in [-0.2, 0) is 0 Å². The third kappa shape index (κ3) is 2.80. The minimum atomic E-state index is 0.696. The molecule has 2 heteroatoms. The molecular formula is C16H20N2. The van der Waals surface area contributed by atoms with E-state index < -0.39 is 0 Å². The van der Waals surface area contributed by atoms with Gasteiger partial charge in [0.2, 0.25) is 0 Å². The molecule has 18 heavy (non-hydrogen) atoms. The Morgan fingerprint density at radius 2 is 1.94 bits per heavy atom. The summed E-state index contributed by atoms with van der Waals surface area (Å²) < 4.78 is 0. The Morgan fingerprint density at radius 1 is 1.22 bits per heavy atom. The number of nitriles is 1. The van der Waals surface area contributed by atoms with Gasteiger partial charge in [0.25, 0.3) is 0 Å². The van der Waals surface area contributed by atoms with Crippen LogP contribution in [0.4, 0.5) is 0 Å². The lowest BCUT2D eigenvalue weighted by Gasteiger charge is -2.19.